The number of allylic oxidation sites excluding steroid dienone is 2. The number of nitrogens with two attached hydrogens (primary N) is 1. The predicted octanol–water partition coefficient (Wildman–Crippen LogP) is 5.59. The quantitative estimate of drug-likeness (QED) is 0.317. The summed E-state index contributed by atoms with van der Waals surface area (Å²) in [6, 6.07) is 0. The molecule has 0 amide bonds. The summed E-state index contributed by atoms with van der Waals surface area (Å²) in [5, 5.41) is 0. The van der Waals surface area contributed by atoms with Crippen molar-refractivity contribution in [3.63, 3.8) is 0 Å². The SMILES string of the molecule is CCCCCCC/C=C\CCCCCCCCN. The van der Waals surface area contributed by atoms with Crippen LogP contribution in [0.2, 0.25) is 0 Å². The molecule has 0 fully saturated rings. The van der Waals surface area contributed by atoms with Gasteiger partial charge in [-0.3, -0.25) is 0 Å². The van der Waals surface area contributed by atoms with E-state index in [0.29, 0.717) is 0 Å². The summed E-state index contributed by atoms with van der Waals surface area (Å²) in [7, 11) is 0. The van der Waals surface area contributed by atoms with Crippen LogP contribution in [0.5, 0.6) is 0 Å². The molecule has 108 valence electrons. The molecule has 18 heavy (non-hydrogen) atoms. The minimum atomic E-state index is 0.862. The summed E-state index contributed by atoms with van der Waals surface area (Å²) in [5.74, 6) is 0. The summed E-state index contributed by atoms with van der Waals surface area (Å²) in [6.45, 7) is 3.14. The number of unbranched alkanes of at least 4 members (excludes halogenated alkanes) is 11. The zero-order valence-corrected chi connectivity index (χ0v) is 12.6. The van der Waals surface area contributed by atoms with Crippen LogP contribution in [0.4, 0.5) is 0 Å². The van der Waals surface area contributed by atoms with Gasteiger partial charge in [-0.1, -0.05) is 70.4 Å². The van der Waals surface area contributed by atoms with E-state index in [0.717, 1.165) is 6.54 Å². The van der Waals surface area contributed by atoms with Crippen LogP contribution in [0.15, 0.2) is 12.2 Å². The van der Waals surface area contributed by atoms with E-state index < -0.39 is 0 Å². The van der Waals surface area contributed by atoms with Gasteiger partial charge in [-0.25, -0.2) is 0 Å². The molecule has 2 N–H and O–H groups in total. The molecule has 0 aliphatic heterocycles. The maximum Gasteiger partial charge on any atom is -0.00773 e. The lowest BCUT2D eigenvalue weighted by molar-refractivity contribution is 0.600. The van der Waals surface area contributed by atoms with E-state index in [1.54, 1.807) is 0 Å². The molecule has 0 saturated heterocycles. The van der Waals surface area contributed by atoms with Gasteiger partial charge in [-0.2, -0.15) is 0 Å². The van der Waals surface area contributed by atoms with E-state index in [1.807, 2.05) is 0 Å². The Morgan fingerprint density at radius 2 is 1.06 bits per heavy atom. The molecule has 0 heterocycles. The monoisotopic (exact) mass is 253 g/mol. The Labute approximate surface area is 115 Å². The van der Waals surface area contributed by atoms with Crippen molar-refractivity contribution >= 4 is 0 Å². The molecule has 0 aliphatic rings. The smallest absolute Gasteiger partial charge is 0.00773 e. The lowest BCUT2D eigenvalue weighted by atomic mass is 10.1. The Hall–Kier alpha value is -0.300. The minimum Gasteiger partial charge on any atom is -0.330 e. The Morgan fingerprint density at radius 3 is 1.56 bits per heavy atom. The highest BCUT2D eigenvalue weighted by atomic mass is 14.5. The Balaban J connectivity index is 3.00. The Morgan fingerprint density at radius 1 is 0.611 bits per heavy atom. The van der Waals surface area contributed by atoms with E-state index in [2.05, 4.69) is 19.1 Å². The van der Waals surface area contributed by atoms with Gasteiger partial charge in [0.2, 0.25) is 0 Å². The molecule has 0 radical (unpaired) electrons. The number of hydrogen-bond donors (Lipinski definition) is 1. The molecular weight excluding hydrogens is 218 g/mol. The van der Waals surface area contributed by atoms with E-state index in [1.165, 1.54) is 83.5 Å². The molecule has 1 heteroatoms. The van der Waals surface area contributed by atoms with Crippen molar-refractivity contribution in [3.05, 3.63) is 12.2 Å². The fraction of sp³-hybridized carbons (Fsp3) is 0.882. The summed E-state index contributed by atoms with van der Waals surface area (Å²) < 4.78 is 0. The van der Waals surface area contributed by atoms with Crippen LogP contribution in [0, 0.1) is 0 Å². The minimum absolute atomic E-state index is 0.862. The first-order valence-electron chi connectivity index (χ1n) is 8.27. The third kappa shape index (κ3) is 15.7. The van der Waals surface area contributed by atoms with Gasteiger partial charge in [0.05, 0.1) is 0 Å². The Bertz CT molecular complexity index is 163. The van der Waals surface area contributed by atoms with E-state index in [9.17, 15) is 0 Å². The van der Waals surface area contributed by atoms with E-state index >= 15 is 0 Å². The Kier molecular flexibility index (Phi) is 16.4. The molecule has 0 saturated carbocycles. The van der Waals surface area contributed by atoms with E-state index in [4.69, 9.17) is 5.73 Å². The van der Waals surface area contributed by atoms with Gasteiger partial charge >= 0.3 is 0 Å². The highest BCUT2D eigenvalue weighted by molar-refractivity contribution is 4.81. The highest BCUT2D eigenvalue weighted by Gasteiger charge is 1.89. The lowest BCUT2D eigenvalue weighted by Gasteiger charge is -1.99. The second-order valence-electron chi connectivity index (χ2n) is 5.37. The van der Waals surface area contributed by atoms with Crippen LogP contribution >= 0.6 is 0 Å². The highest BCUT2D eigenvalue weighted by Crippen LogP contribution is 2.08. The third-order valence-corrected chi connectivity index (χ3v) is 3.47. The molecule has 0 atom stereocenters. The molecule has 0 aliphatic carbocycles. The molecule has 0 aromatic rings. The molecule has 0 unspecified atom stereocenters. The molecule has 0 aromatic carbocycles. The van der Waals surface area contributed by atoms with Crippen LogP contribution in [-0.4, -0.2) is 6.54 Å². The maximum atomic E-state index is 5.47. The van der Waals surface area contributed by atoms with Crippen LogP contribution in [0.25, 0.3) is 0 Å². The first kappa shape index (κ1) is 17.7. The van der Waals surface area contributed by atoms with Crippen molar-refractivity contribution < 1.29 is 0 Å². The summed E-state index contributed by atoms with van der Waals surface area (Å²) >= 11 is 0. The summed E-state index contributed by atoms with van der Waals surface area (Å²) in [6.07, 6.45) is 22.4. The van der Waals surface area contributed by atoms with Crippen molar-refractivity contribution in [2.45, 2.75) is 90.4 Å². The first-order chi connectivity index (χ1) is 8.91. The molecule has 0 rings (SSSR count). The molecule has 0 aromatic heterocycles. The normalized spacial score (nSPS) is 11.4. The molecule has 1 nitrogen and oxygen atoms in total. The number of rotatable bonds is 14. The van der Waals surface area contributed by atoms with Gasteiger partial charge in [-0.15, -0.1) is 0 Å². The largest absolute Gasteiger partial charge is 0.330 e. The average molecular weight is 253 g/mol. The predicted molar refractivity (Wildman–Crippen MR) is 83.9 cm³/mol. The van der Waals surface area contributed by atoms with Crippen LogP contribution < -0.4 is 5.73 Å². The second-order valence-corrected chi connectivity index (χ2v) is 5.37. The van der Waals surface area contributed by atoms with Gasteiger partial charge in [0.25, 0.3) is 0 Å². The van der Waals surface area contributed by atoms with Crippen molar-refractivity contribution in [1.29, 1.82) is 0 Å². The topological polar surface area (TPSA) is 26.0 Å². The van der Waals surface area contributed by atoms with Gasteiger partial charge in [-0.05, 0) is 38.6 Å². The number of hydrogen-bond acceptors (Lipinski definition) is 1. The van der Waals surface area contributed by atoms with Crippen LogP contribution in [-0.2, 0) is 0 Å². The summed E-state index contributed by atoms with van der Waals surface area (Å²) in [4.78, 5) is 0. The fourth-order valence-corrected chi connectivity index (χ4v) is 2.22. The zero-order valence-electron chi connectivity index (χ0n) is 12.6. The molecular formula is C17H35N. The summed E-state index contributed by atoms with van der Waals surface area (Å²) in [5.41, 5.74) is 5.47. The zero-order chi connectivity index (χ0) is 13.3. The van der Waals surface area contributed by atoms with Gasteiger partial charge < -0.3 is 5.73 Å². The van der Waals surface area contributed by atoms with Crippen LogP contribution in [0.3, 0.4) is 0 Å². The average Bonchev–Trinajstić information content (AvgIpc) is 2.39. The first-order valence-corrected chi connectivity index (χ1v) is 8.27. The van der Waals surface area contributed by atoms with Gasteiger partial charge in [0, 0.05) is 0 Å². The maximum absolute atomic E-state index is 5.47. The van der Waals surface area contributed by atoms with E-state index in [-0.39, 0.29) is 0 Å². The van der Waals surface area contributed by atoms with Crippen LogP contribution in [0.1, 0.15) is 90.4 Å². The molecule has 0 spiro atoms. The second kappa shape index (κ2) is 16.7. The van der Waals surface area contributed by atoms with Gasteiger partial charge in [0.1, 0.15) is 0 Å². The third-order valence-electron chi connectivity index (χ3n) is 3.47. The van der Waals surface area contributed by atoms with Crippen molar-refractivity contribution in [1.82, 2.24) is 0 Å². The van der Waals surface area contributed by atoms with Crippen molar-refractivity contribution in [2.75, 3.05) is 6.54 Å². The lowest BCUT2D eigenvalue weighted by Crippen LogP contribution is -1.97. The standard InChI is InChI=1S/C17H35N/c1-2-3-4-5-6-7-8-9-10-11-12-13-14-15-16-17-18/h8-9H,2-7,10-18H2,1H3/b9-8-. The fourth-order valence-electron chi connectivity index (χ4n) is 2.22. The molecule has 0 bridgehead atoms. The van der Waals surface area contributed by atoms with Gasteiger partial charge in [0.15, 0.2) is 0 Å². The van der Waals surface area contributed by atoms with Crippen molar-refractivity contribution in [3.8, 4) is 0 Å². The van der Waals surface area contributed by atoms with Crippen molar-refractivity contribution in [2.24, 2.45) is 5.73 Å².